The maximum Gasteiger partial charge on any atom is 0.490 e. The molecule has 2 rings (SSSR count). The summed E-state index contributed by atoms with van der Waals surface area (Å²) in [7, 11) is 0. The standard InChI is InChI=1S/C10H18N2O.C2HF3O2/c1-3-12(7(2)13)6-10-8-4-11-5-9(8)10;3-2(4,5)1(6)7/h8-11H,3-6H2,1-2H3;(H,6,7)/t8-,9+,10?;. The highest BCUT2D eigenvalue weighted by Crippen LogP contribution is 2.48. The average molecular weight is 296 g/mol. The first kappa shape index (κ1) is 16.7. The van der Waals surface area contributed by atoms with Crippen LogP contribution in [0.3, 0.4) is 0 Å². The van der Waals surface area contributed by atoms with Crippen molar-refractivity contribution in [2.75, 3.05) is 26.2 Å². The van der Waals surface area contributed by atoms with Crippen LogP contribution < -0.4 is 5.32 Å². The van der Waals surface area contributed by atoms with E-state index in [0.29, 0.717) is 0 Å². The zero-order chi connectivity index (χ0) is 15.5. The Kier molecular flexibility index (Phi) is 5.38. The Morgan fingerprint density at radius 1 is 1.30 bits per heavy atom. The van der Waals surface area contributed by atoms with Crippen molar-refractivity contribution >= 4 is 11.9 Å². The van der Waals surface area contributed by atoms with Crippen molar-refractivity contribution < 1.29 is 27.9 Å². The molecule has 116 valence electrons. The van der Waals surface area contributed by atoms with Crippen molar-refractivity contribution in [1.82, 2.24) is 10.2 Å². The molecule has 5 nitrogen and oxygen atoms in total. The summed E-state index contributed by atoms with van der Waals surface area (Å²) in [6, 6.07) is 0. The van der Waals surface area contributed by atoms with Crippen LogP contribution in [0.15, 0.2) is 0 Å². The molecule has 1 aliphatic carbocycles. The highest BCUT2D eigenvalue weighted by Gasteiger charge is 2.53. The van der Waals surface area contributed by atoms with Gasteiger partial charge in [-0.2, -0.15) is 13.2 Å². The van der Waals surface area contributed by atoms with Gasteiger partial charge in [0.2, 0.25) is 5.91 Å². The number of fused-ring (bicyclic) bond motifs is 1. The molecule has 0 bridgehead atoms. The molecule has 20 heavy (non-hydrogen) atoms. The normalized spacial score (nSPS) is 27.1. The lowest BCUT2D eigenvalue weighted by molar-refractivity contribution is -0.192. The number of carbonyl (C=O) groups is 2. The average Bonchev–Trinajstić information content (AvgIpc) is 2.76. The molecule has 0 aromatic carbocycles. The van der Waals surface area contributed by atoms with E-state index in [0.717, 1.165) is 30.8 Å². The van der Waals surface area contributed by atoms with Crippen LogP contribution in [0, 0.1) is 17.8 Å². The zero-order valence-electron chi connectivity index (χ0n) is 11.4. The van der Waals surface area contributed by atoms with Crippen LogP contribution in [0.25, 0.3) is 0 Å². The number of hydrogen-bond acceptors (Lipinski definition) is 3. The van der Waals surface area contributed by atoms with E-state index < -0.39 is 12.1 Å². The van der Waals surface area contributed by atoms with E-state index in [-0.39, 0.29) is 5.91 Å². The van der Waals surface area contributed by atoms with E-state index >= 15 is 0 Å². The summed E-state index contributed by atoms with van der Waals surface area (Å²) < 4.78 is 31.7. The molecule has 1 saturated heterocycles. The number of nitrogens with zero attached hydrogens (tertiary/aromatic N) is 1. The van der Waals surface area contributed by atoms with Gasteiger partial charge in [0.25, 0.3) is 0 Å². The molecule has 1 heterocycles. The van der Waals surface area contributed by atoms with Crippen LogP contribution in [0.5, 0.6) is 0 Å². The minimum Gasteiger partial charge on any atom is -0.475 e. The second kappa shape index (κ2) is 6.43. The molecular formula is C12H19F3N2O3. The smallest absolute Gasteiger partial charge is 0.475 e. The molecule has 3 atom stereocenters. The van der Waals surface area contributed by atoms with Crippen LogP contribution >= 0.6 is 0 Å². The van der Waals surface area contributed by atoms with E-state index in [1.165, 1.54) is 13.1 Å². The summed E-state index contributed by atoms with van der Waals surface area (Å²) in [5, 5.41) is 10.5. The van der Waals surface area contributed by atoms with Crippen molar-refractivity contribution in [1.29, 1.82) is 0 Å². The largest absolute Gasteiger partial charge is 0.490 e. The van der Waals surface area contributed by atoms with Gasteiger partial charge in [0.15, 0.2) is 0 Å². The summed E-state index contributed by atoms with van der Waals surface area (Å²) in [5.41, 5.74) is 0. The number of rotatable bonds is 3. The van der Waals surface area contributed by atoms with E-state index in [4.69, 9.17) is 9.90 Å². The number of piperidine rings is 1. The molecule has 0 aromatic heterocycles. The Hall–Kier alpha value is -1.31. The van der Waals surface area contributed by atoms with Gasteiger partial charge in [-0.3, -0.25) is 4.79 Å². The molecule has 1 amide bonds. The van der Waals surface area contributed by atoms with Crippen molar-refractivity contribution in [2.45, 2.75) is 20.0 Å². The molecule has 2 fully saturated rings. The lowest BCUT2D eigenvalue weighted by atomic mass is 10.2. The first-order valence-electron chi connectivity index (χ1n) is 6.44. The fourth-order valence-electron chi connectivity index (χ4n) is 2.55. The zero-order valence-corrected chi connectivity index (χ0v) is 11.4. The third-order valence-corrected chi connectivity index (χ3v) is 3.77. The van der Waals surface area contributed by atoms with E-state index in [2.05, 4.69) is 12.2 Å². The fourth-order valence-corrected chi connectivity index (χ4v) is 2.55. The van der Waals surface area contributed by atoms with Gasteiger partial charge in [-0.05, 0) is 37.8 Å². The van der Waals surface area contributed by atoms with Gasteiger partial charge in [0, 0.05) is 20.0 Å². The van der Waals surface area contributed by atoms with Gasteiger partial charge < -0.3 is 15.3 Å². The van der Waals surface area contributed by atoms with Gasteiger partial charge >= 0.3 is 12.1 Å². The van der Waals surface area contributed by atoms with Gasteiger partial charge in [0.05, 0.1) is 0 Å². The Morgan fingerprint density at radius 3 is 2.05 bits per heavy atom. The molecule has 2 N–H and O–H groups in total. The SMILES string of the molecule is CCN(CC1[C@H]2CNC[C@@H]12)C(C)=O.O=C(O)C(F)(F)F. The Bertz CT molecular complexity index is 363. The molecule has 1 aliphatic heterocycles. The summed E-state index contributed by atoms with van der Waals surface area (Å²) in [6.07, 6.45) is -5.08. The van der Waals surface area contributed by atoms with Crippen molar-refractivity contribution in [3.8, 4) is 0 Å². The van der Waals surface area contributed by atoms with Gasteiger partial charge in [0.1, 0.15) is 0 Å². The van der Waals surface area contributed by atoms with E-state index in [1.807, 2.05) is 4.90 Å². The minimum atomic E-state index is -5.08. The van der Waals surface area contributed by atoms with Gasteiger partial charge in [-0.15, -0.1) is 0 Å². The molecule has 8 heteroatoms. The minimum absolute atomic E-state index is 0.223. The van der Waals surface area contributed by atoms with Crippen LogP contribution in [-0.2, 0) is 9.59 Å². The molecule has 1 saturated carbocycles. The number of nitrogens with one attached hydrogen (secondary N) is 1. The van der Waals surface area contributed by atoms with Crippen LogP contribution in [0.4, 0.5) is 13.2 Å². The van der Waals surface area contributed by atoms with Crippen molar-refractivity contribution in [3.05, 3.63) is 0 Å². The van der Waals surface area contributed by atoms with Crippen molar-refractivity contribution in [3.63, 3.8) is 0 Å². The number of halogens is 3. The van der Waals surface area contributed by atoms with Crippen LogP contribution in [0.2, 0.25) is 0 Å². The van der Waals surface area contributed by atoms with Crippen LogP contribution in [0.1, 0.15) is 13.8 Å². The predicted octanol–water partition coefficient (Wildman–Crippen LogP) is 0.954. The van der Waals surface area contributed by atoms with Crippen molar-refractivity contribution in [2.24, 2.45) is 17.8 Å². The Labute approximate surface area is 115 Å². The van der Waals surface area contributed by atoms with E-state index in [1.54, 1.807) is 6.92 Å². The second-order valence-corrected chi connectivity index (χ2v) is 5.01. The summed E-state index contributed by atoms with van der Waals surface area (Å²) in [4.78, 5) is 22.0. The molecule has 0 spiro atoms. The van der Waals surface area contributed by atoms with Crippen LogP contribution in [-0.4, -0.2) is 54.2 Å². The molecule has 2 aliphatic rings. The third-order valence-electron chi connectivity index (χ3n) is 3.77. The summed E-state index contributed by atoms with van der Waals surface area (Å²) >= 11 is 0. The number of hydrogen-bond donors (Lipinski definition) is 2. The van der Waals surface area contributed by atoms with E-state index in [9.17, 15) is 18.0 Å². The number of carboxylic acid groups (broad SMARTS) is 1. The number of carbonyl (C=O) groups excluding carboxylic acids is 1. The molecule has 1 unspecified atom stereocenters. The summed E-state index contributed by atoms with van der Waals surface area (Å²) in [6.45, 7) is 7.91. The molecule has 0 aromatic rings. The first-order chi connectivity index (χ1) is 9.18. The Morgan fingerprint density at radius 2 is 1.75 bits per heavy atom. The number of carboxylic acids is 1. The fraction of sp³-hybridized carbons (Fsp3) is 0.833. The molecular weight excluding hydrogens is 277 g/mol. The highest BCUT2D eigenvalue weighted by atomic mass is 19.4. The lowest BCUT2D eigenvalue weighted by Gasteiger charge is -2.19. The maximum absolute atomic E-state index is 11.2. The number of aliphatic carboxylic acids is 1. The maximum atomic E-state index is 11.2. The monoisotopic (exact) mass is 296 g/mol. The third kappa shape index (κ3) is 4.36. The number of amides is 1. The highest BCUT2D eigenvalue weighted by molar-refractivity contribution is 5.73. The van der Waals surface area contributed by atoms with Gasteiger partial charge in [-0.25, -0.2) is 4.79 Å². The predicted molar refractivity (Wildman–Crippen MR) is 65.0 cm³/mol. The number of alkyl halides is 3. The second-order valence-electron chi connectivity index (χ2n) is 5.01. The quantitative estimate of drug-likeness (QED) is 0.813. The first-order valence-corrected chi connectivity index (χ1v) is 6.44. The summed E-state index contributed by atoms with van der Waals surface area (Å²) in [5.74, 6) is -0.000155. The molecule has 0 radical (unpaired) electrons. The Balaban J connectivity index is 0.000000246. The lowest BCUT2D eigenvalue weighted by Crippen LogP contribution is -2.32. The topological polar surface area (TPSA) is 69.6 Å². The van der Waals surface area contributed by atoms with Gasteiger partial charge in [-0.1, -0.05) is 0 Å².